The minimum absolute atomic E-state index is 0.00288. The summed E-state index contributed by atoms with van der Waals surface area (Å²) < 4.78 is 34.1. The van der Waals surface area contributed by atoms with E-state index >= 15 is 0 Å². The van der Waals surface area contributed by atoms with Crippen LogP contribution < -0.4 is 0 Å². The van der Waals surface area contributed by atoms with Crippen LogP contribution in [0.2, 0.25) is 0 Å². The van der Waals surface area contributed by atoms with E-state index in [-0.39, 0.29) is 26.1 Å². The third-order valence-corrected chi connectivity index (χ3v) is 9.83. The number of allylic oxidation sites excluding steroid dienone is 10. The third kappa shape index (κ3) is 41.4. The molecule has 0 aromatic heterocycles. The van der Waals surface area contributed by atoms with Gasteiger partial charge in [-0.15, -0.1) is 0 Å². The number of hydrogen-bond acceptors (Lipinski definition) is 8. The van der Waals surface area contributed by atoms with Crippen molar-refractivity contribution in [1.82, 2.24) is 0 Å². The average molecular weight is 823 g/mol. The zero-order valence-electron chi connectivity index (χ0n) is 36.4. The smallest absolute Gasteiger partial charge is 0.462 e. The van der Waals surface area contributed by atoms with E-state index in [0.717, 1.165) is 44.9 Å². The van der Waals surface area contributed by atoms with Crippen molar-refractivity contribution in [3.05, 3.63) is 72.9 Å². The summed E-state index contributed by atoms with van der Waals surface area (Å²) in [6.45, 7) is 4.08. The highest BCUT2D eigenvalue weighted by atomic mass is 31.2. The number of aliphatic hydroxyl groups excluding tert-OH is 1. The minimum atomic E-state index is -4.42. The molecule has 0 spiro atoms. The predicted molar refractivity (Wildman–Crippen MR) is 235 cm³/mol. The number of esters is 2. The van der Waals surface area contributed by atoms with Crippen molar-refractivity contribution < 1.29 is 47.2 Å². The molecule has 3 unspecified atom stereocenters. The van der Waals surface area contributed by atoms with E-state index in [4.69, 9.17) is 18.5 Å². The topological polar surface area (TPSA) is 129 Å². The van der Waals surface area contributed by atoms with Crippen LogP contribution >= 0.6 is 7.82 Å². The van der Waals surface area contributed by atoms with Crippen LogP contribution in [-0.4, -0.2) is 86.1 Å². The number of likely N-dealkylation sites (N-methyl/N-ethyl adjacent to an activating group) is 1. The Morgan fingerprint density at radius 1 is 0.649 bits per heavy atom. The first-order valence-electron chi connectivity index (χ1n) is 21.8. The first kappa shape index (κ1) is 54.4. The molecule has 328 valence electrons. The molecular formula is C46H81NO9P+. The first-order chi connectivity index (χ1) is 27.4. The van der Waals surface area contributed by atoms with Gasteiger partial charge < -0.3 is 24.0 Å². The van der Waals surface area contributed by atoms with Crippen LogP contribution in [-0.2, 0) is 32.7 Å². The molecular weight excluding hydrogens is 741 g/mol. The summed E-state index contributed by atoms with van der Waals surface area (Å²) in [4.78, 5) is 35.3. The maximum Gasteiger partial charge on any atom is 0.472 e. The Kier molecular flexibility index (Phi) is 36.0. The molecule has 0 aromatic rings. The van der Waals surface area contributed by atoms with Gasteiger partial charge in [-0.3, -0.25) is 18.6 Å². The highest BCUT2D eigenvalue weighted by Crippen LogP contribution is 2.43. The highest BCUT2D eigenvalue weighted by Gasteiger charge is 2.27. The summed E-state index contributed by atoms with van der Waals surface area (Å²) in [7, 11) is 1.36. The Balaban J connectivity index is 4.61. The average Bonchev–Trinajstić information content (AvgIpc) is 3.15. The molecule has 0 rings (SSSR count). The summed E-state index contributed by atoms with van der Waals surface area (Å²) in [5.74, 6) is -0.984. The minimum Gasteiger partial charge on any atom is -0.462 e. The van der Waals surface area contributed by atoms with E-state index in [1.807, 2.05) is 39.4 Å². The molecule has 0 radical (unpaired) electrons. The van der Waals surface area contributed by atoms with Crippen molar-refractivity contribution in [1.29, 1.82) is 0 Å². The van der Waals surface area contributed by atoms with E-state index in [9.17, 15) is 24.2 Å². The van der Waals surface area contributed by atoms with Gasteiger partial charge in [-0.2, -0.15) is 0 Å². The summed E-state index contributed by atoms with van der Waals surface area (Å²) in [5, 5.41) is 10.2. The zero-order chi connectivity index (χ0) is 42.3. The van der Waals surface area contributed by atoms with E-state index < -0.39 is 38.6 Å². The summed E-state index contributed by atoms with van der Waals surface area (Å²) in [5.41, 5.74) is 0. The summed E-state index contributed by atoms with van der Waals surface area (Å²) >= 11 is 0. The van der Waals surface area contributed by atoms with Gasteiger partial charge in [-0.25, -0.2) is 4.57 Å². The number of phosphoric ester groups is 1. The third-order valence-electron chi connectivity index (χ3n) is 8.84. The van der Waals surface area contributed by atoms with Crippen LogP contribution in [0.3, 0.4) is 0 Å². The number of quaternary nitrogens is 1. The lowest BCUT2D eigenvalue weighted by molar-refractivity contribution is -0.870. The fraction of sp³-hybridized carbons (Fsp3) is 0.696. The van der Waals surface area contributed by atoms with E-state index in [2.05, 4.69) is 50.3 Å². The summed E-state index contributed by atoms with van der Waals surface area (Å²) in [6.07, 6.45) is 42.7. The standard InChI is InChI=1S/C46H80NO9P/c1-6-8-10-12-14-16-18-20-22-24-26-28-31-35-43(48)36-32-30-34-38-46(50)56-44(42-55-57(51,52)54-40-39-47(3,4)5)41-53-45(49)37-33-29-27-25-23-21-19-17-15-13-11-9-7-2/h8,10,14,16,20,22,26,28,30-32,35,43-44,48H,6-7,9,11-13,15,17-19,21,23-25,27,29,33-34,36-42H2,1-5H3/p+1/b10-8-,16-14-,22-20-,28-26-,32-30-,35-31+. The maximum atomic E-state index is 12.7. The van der Waals surface area contributed by atoms with Crippen LogP contribution in [0, 0.1) is 0 Å². The monoisotopic (exact) mass is 823 g/mol. The van der Waals surface area contributed by atoms with Crippen molar-refractivity contribution in [2.24, 2.45) is 0 Å². The van der Waals surface area contributed by atoms with Crippen molar-refractivity contribution in [2.45, 2.75) is 161 Å². The lowest BCUT2D eigenvalue weighted by Crippen LogP contribution is -2.37. The van der Waals surface area contributed by atoms with Gasteiger partial charge in [0.1, 0.15) is 19.8 Å². The van der Waals surface area contributed by atoms with Crippen molar-refractivity contribution in [3.8, 4) is 0 Å². The van der Waals surface area contributed by atoms with Crippen molar-refractivity contribution in [2.75, 3.05) is 47.5 Å². The number of aliphatic hydroxyl groups is 1. The Bertz CT molecular complexity index is 1220. The molecule has 0 fully saturated rings. The van der Waals surface area contributed by atoms with E-state index in [0.29, 0.717) is 30.3 Å². The van der Waals surface area contributed by atoms with Gasteiger partial charge in [0, 0.05) is 12.8 Å². The second kappa shape index (κ2) is 37.7. The molecule has 0 aliphatic carbocycles. The number of hydrogen-bond donors (Lipinski definition) is 2. The summed E-state index contributed by atoms with van der Waals surface area (Å²) in [6, 6.07) is 0. The van der Waals surface area contributed by atoms with Gasteiger partial charge >= 0.3 is 19.8 Å². The van der Waals surface area contributed by atoms with Gasteiger partial charge in [0.25, 0.3) is 0 Å². The van der Waals surface area contributed by atoms with Crippen molar-refractivity contribution >= 4 is 19.8 Å². The molecule has 10 nitrogen and oxygen atoms in total. The van der Waals surface area contributed by atoms with Gasteiger partial charge in [0.2, 0.25) is 0 Å². The van der Waals surface area contributed by atoms with E-state index in [1.165, 1.54) is 57.8 Å². The maximum absolute atomic E-state index is 12.7. The Hall–Kier alpha value is -2.59. The predicted octanol–water partition coefficient (Wildman–Crippen LogP) is 11.2. The van der Waals surface area contributed by atoms with Crippen LogP contribution in [0.4, 0.5) is 0 Å². The highest BCUT2D eigenvalue weighted by molar-refractivity contribution is 7.47. The lowest BCUT2D eigenvalue weighted by atomic mass is 10.0. The number of carbonyl (C=O) groups is 2. The van der Waals surface area contributed by atoms with Crippen LogP contribution in [0.1, 0.15) is 149 Å². The Labute approximate surface area is 347 Å². The zero-order valence-corrected chi connectivity index (χ0v) is 37.3. The Morgan fingerprint density at radius 2 is 1.21 bits per heavy atom. The van der Waals surface area contributed by atoms with E-state index in [1.54, 1.807) is 18.2 Å². The molecule has 0 bridgehead atoms. The van der Waals surface area contributed by atoms with Gasteiger partial charge in [0.15, 0.2) is 6.10 Å². The fourth-order valence-electron chi connectivity index (χ4n) is 5.42. The molecule has 0 aromatic carbocycles. The molecule has 0 amide bonds. The fourth-order valence-corrected chi connectivity index (χ4v) is 6.16. The molecule has 0 aliphatic heterocycles. The van der Waals surface area contributed by atoms with Crippen LogP contribution in [0.15, 0.2) is 72.9 Å². The largest absolute Gasteiger partial charge is 0.472 e. The lowest BCUT2D eigenvalue weighted by Gasteiger charge is -2.24. The second-order valence-corrected chi connectivity index (χ2v) is 17.0. The molecule has 3 atom stereocenters. The number of nitrogens with zero attached hydrogens (tertiary/aromatic N) is 1. The Morgan fingerprint density at radius 3 is 1.79 bits per heavy atom. The van der Waals surface area contributed by atoms with Gasteiger partial charge in [0.05, 0.1) is 33.9 Å². The molecule has 0 aliphatic rings. The second-order valence-electron chi connectivity index (χ2n) is 15.6. The molecule has 0 heterocycles. The molecule has 2 N–H and O–H groups in total. The van der Waals surface area contributed by atoms with Crippen LogP contribution in [0.5, 0.6) is 0 Å². The molecule has 57 heavy (non-hydrogen) atoms. The number of rotatable bonds is 38. The molecule has 0 saturated carbocycles. The quantitative estimate of drug-likeness (QED) is 0.0156. The van der Waals surface area contributed by atoms with Crippen molar-refractivity contribution in [3.63, 3.8) is 0 Å². The first-order valence-corrected chi connectivity index (χ1v) is 23.3. The number of carbonyl (C=O) groups excluding carboxylic acids is 2. The van der Waals surface area contributed by atoms with Gasteiger partial charge in [-0.1, -0.05) is 164 Å². The normalized spacial score (nSPS) is 14.9. The molecule has 0 saturated heterocycles. The SMILES string of the molecule is CC/C=C\C/C=C\C/C=C\C/C=C\C=C\C(O)C/C=C\CCC(=O)OC(COC(=O)CCCCCCCCCCCCCCC)COP(=O)(O)OCC[N+](C)(C)C. The van der Waals surface area contributed by atoms with Gasteiger partial charge in [-0.05, 0) is 44.9 Å². The number of unbranched alkanes of at least 4 members (excludes halogenated alkanes) is 12. The van der Waals surface area contributed by atoms with Crippen LogP contribution in [0.25, 0.3) is 0 Å². The number of phosphoric acid groups is 1. The number of ether oxygens (including phenoxy) is 2. The molecule has 11 heteroatoms.